The maximum atomic E-state index is 4.52. The van der Waals surface area contributed by atoms with E-state index >= 15 is 0 Å². The number of aromatic nitrogens is 2. The second-order valence-electron chi connectivity index (χ2n) is 12.3. The molecule has 0 saturated carbocycles. The van der Waals surface area contributed by atoms with Gasteiger partial charge in [-0.25, -0.2) is 0 Å². The molecular weight excluding hydrogens is 541 g/mol. The molecule has 0 radical (unpaired) electrons. The number of hydrogen-bond donors (Lipinski definition) is 1. The minimum absolute atomic E-state index is 0.0431. The van der Waals surface area contributed by atoms with Crippen LogP contribution in [-0.4, -0.2) is 34.6 Å². The van der Waals surface area contributed by atoms with Crippen molar-refractivity contribution in [2.24, 2.45) is 0 Å². The Kier molecular flexibility index (Phi) is 7.19. The summed E-state index contributed by atoms with van der Waals surface area (Å²) in [7, 11) is 4.37. The summed E-state index contributed by atoms with van der Waals surface area (Å²) >= 11 is 6.09. The minimum Gasteiger partial charge on any atom is -0.347 e. The molecule has 0 atom stereocenters. The van der Waals surface area contributed by atoms with Gasteiger partial charge in [0.1, 0.15) is 17.1 Å². The molecule has 6 heteroatoms. The van der Waals surface area contributed by atoms with Crippen molar-refractivity contribution in [3.05, 3.63) is 116 Å². The molecule has 41 heavy (non-hydrogen) atoms. The van der Waals surface area contributed by atoms with Crippen molar-refractivity contribution in [3.63, 3.8) is 0 Å². The van der Waals surface area contributed by atoms with Crippen LogP contribution in [0.3, 0.4) is 0 Å². The lowest BCUT2D eigenvalue weighted by Gasteiger charge is -2.24. The number of benzene rings is 2. The van der Waals surface area contributed by atoms with Gasteiger partial charge in [-0.05, 0) is 61.1 Å². The van der Waals surface area contributed by atoms with E-state index in [1.54, 1.807) is 11.3 Å². The van der Waals surface area contributed by atoms with Gasteiger partial charge in [-0.3, -0.25) is 0 Å². The first-order chi connectivity index (χ1) is 19.6. The van der Waals surface area contributed by atoms with E-state index < -0.39 is 0 Å². The molecule has 1 aromatic heterocycles. The van der Waals surface area contributed by atoms with Crippen LogP contribution in [-0.2, 0) is 23.0 Å². The van der Waals surface area contributed by atoms with Crippen LogP contribution >= 0.6 is 24.0 Å². The molecule has 3 aromatic rings. The van der Waals surface area contributed by atoms with Gasteiger partial charge < -0.3 is 4.90 Å². The smallest absolute Gasteiger partial charge is 0.209 e. The molecule has 2 aromatic carbocycles. The number of anilines is 1. The second-order valence-corrected chi connectivity index (χ2v) is 13.8. The van der Waals surface area contributed by atoms with Crippen LogP contribution in [0.1, 0.15) is 61.7 Å². The quantitative estimate of drug-likeness (QED) is 0.237. The molecule has 0 unspecified atom stereocenters. The van der Waals surface area contributed by atoms with E-state index in [4.69, 9.17) is 0 Å². The zero-order valence-electron chi connectivity index (χ0n) is 24.9. The van der Waals surface area contributed by atoms with Crippen molar-refractivity contribution < 1.29 is 4.58 Å². The van der Waals surface area contributed by atoms with E-state index in [2.05, 4.69) is 147 Å². The lowest BCUT2D eigenvalue weighted by Crippen LogP contribution is -2.26. The predicted octanol–water partition coefficient (Wildman–Crippen LogP) is 8.10. The molecule has 210 valence electrons. The molecule has 0 amide bonds. The summed E-state index contributed by atoms with van der Waals surface area (Å²) in [5, 5.41) is 10.9. The van der Waals surface area contributed by atoms with Crippen LogP contribution in [0.4, 0.5) is 11.4 Å². The van der Waals surface area contributed by atoms with Gasteiger partial charge in [-0.1, -0.05) is 62.4 Å². The summed E-state index contributed by atoms with van der Waals surface area (Å²) in [6.45, 7) is 9.31. The lowest BCUT2D eigenvalue weighted by molar-refractivity contribution is -0.401. The van der Waals surface area contributed by atoms with E-state index in [0.717, 1.165) is 29.3 Å². The average Bonchev–Trinajstić information content (AvgIpc) is 3.67. The van der Waals surface area contributed by atoms with E-state index in [1.807, 2.05) is 0 Å². The van der Waals surface area contributed by atoms with E-state index in [-0.39, 0.29) is 10.8 Å². The van der Waals surface area contributed by atoms with Gasteiger partial charge in [0.25, 0.3) is 0 Å². The summed E-state index contributed by atoms with van der Waals surface area (Å²) < 4.78 is 2.35. The molecule has 3 aliphatic rings. The van der Waals surface area contributed by atoms with Crippen molar-refractivity contribution in [3.8, 4) is 0 Å². The fourth-order valence-electron chi connectivity index (χ4n) is 6.91. The summed E-state index contributed by atoms with van der Waals surface area (Å²) in [6.07, 6.45) is 12.3. The average molecular weight is 580 g/mol. The van der Waals surface area contributed by atoms with Crippen LogP contribution in [0.2, 0.25) is 0 Å². The molecule has 2 aliphatic heterocycles. The molecule has 0 saturated heterocycles. The molecule has 0 spiro atoms. The van der Waals surface area contributed by atoms with Crippen LogP contribution in [0.25, 0.3) is 0 Å². The van der Waals surface area contributed by atoms with Gasteiger partial charge in [0.05, 0.1) is 5.41 Å². The zero-order chi connectivity index (χ0) is 28.9. The number of likely N-dealkylation sites (N-methyl/N-ethyl adjacent to an activating group) is 1. The van der Waals surface area contributed by atoms with Crippen molar-refractivity contribution in [2.75, 3.05) is 19.0 Å². The van der Waals surface area contributed by atoms with Gasteiger partial charge in [0, 0.05) is 53.7 Å². The van der Waals surface area contributed by atoms with Gasteiger partial charge in [0.15, 0.2) is 5.71 Å². The van der Waals surface area contributed by atoms with Crippen LogP contribution < -0.4 is 4.90 Å². The SMILES string of the molecule is CN1/C(=C/C=C2\CCC(/C=C/C3=[N+](C)c4ccccc4C3(C)C)=C2Cc2nnc(CS)s2)C(C)(C)c2ccccc21. The summed E-state index contributed by atoms with van der Waals surface area (Å²) in [5.74, 6) is 0.626. The minimum atomic E-state index is -0.0431. The molecule has 6 rings (SSSR count). The highest BCUT2D eigenvalue weighted by Crippen LogP contribution is 2.47. The Morgan fingerprint density at radius 3 is 2.32 bits per heavy atom. The Morgan fingerprint density at radius 1 is 0.902 bits per heavy atom. The van der Waals surface area contributed by atoms with Crippen LogP contribution in [0.15, 0.2) is 95.3 Å². The standard InChI is InChI=1S/C35H38N4S2/c1-34(2)26-11-7-9-13-28(26)38(5)30(34)19-17-23-15-16-24(25(23)21-32-36-37-33(22-40)41-32)18-20-31-35(3,4)27-12-8-10-14-29(27)39(31)6/h7-14,17-20H,15-16,21-22H2,1-6H3/p+1. The molecule has 1 aliphatic carbocycles. The highest BCUT2D eigenvalue weighted by atomic mass is 32.1. The molecule has 3 heterocycles. The number of nitrogens with zero attached hydrogens (tertiary/aromatic N) is 4. The number of thiol groups is 1. The van der Waals surface area contributed by atoms with Gasteiger partial charge in [-0.15, -0.1) is 21.5 Å². The first kappa shape index (κ1) is 27.9. The fourth-order valence-corrected chi connectivity index (χ4v) is 7.88. The Balaban J connectivity index is 1.38. The molecule has 4 nitrogen and oxygen atoms in total. The Morgan fingerprint density at radius 2 is 1.61 bits per heavy atom. The van der Waals surface area contributed by atoms with Crippen LogP contribution in [0.5, 0.6) is 0 Å². The normalized spacial score (nSPS) is 21.2. The third kappa shape index (κ3) is 4.75. The number of fused-ring (bicyclic) bond motifs is 2. The van der Waals surface area contributed by atoms with Crippen LogP contribution in [0, 0.1) is 0 Å². The lowest BCUT2D eigenvalue weighted by atomic mass is 9.81. The Labute approximate surface area is 254 Å². The van der Waals surface area contributed by atoms with Crippen molar-refractivity contribution in [1.82, 2.24) is 10.2 Å². The maximum absolute atomic E-state index is 4.52. The zero-order valence-corrected chi connectivity index (χ0v) is 26.6. The third-order valence-electron chi connectivity index (χ3n) is 9.18. The van der Waals surface area contributed by atoms with Crippen molar-refractivity contribution in [2.45, 2.75) is 63.5 Å². The molecule has 0 N–H and O–H groups in total. The summed E-state index contributed by atoms with van der Waals surface area (Å²) in [5.41, 5.74) is 12.1. The highest BCUT2D eigenvalue weighted by Gasteiger charge is 2.42. The van der Waals surface area contributed by atoms with Gasteiger partial charge in [0.2, 0.25) is 5.69 Å². The topological polar surface area (TPSA) is 32.0 Å². The maximum Gasteiger partial charge on any atom is 0.209 e. The largest absolute Gasteiger partial charge is 0.347 e. The monoisotopic (exact) mass is 579 g/mol. The predicted molar refractivity (Wildman–Crippen MR) is 176 cm³/mol. The second kappa shape index (κ2) is 10.6. The first-order valence-corrected chi connectivity index (χ1v) is 15.9. The highest BCUT2D eigenvalue weighted by molar-refractivity contribution is 7.79. The van der Waals surface area contributed by atoms with E-state index in [1.165, 1.54) is 50.6 Å². The van der Waals surface area contributed by atoms with Gasteiger partial charge in [-0.2, -0.15) is 17.2 Å². The van der Waals surface area contributed by atoms with E-state index in [9.17, 15) is 0 Å². The fraction of sp³-hybridized carbons (Fsp3) is 0.343. The van der Waals surface area contributed by atoms with Crippen molar-refractivity contribution in [1.29, 1.82) is 0 Å². The Hall–Kier alpha value is -3.22. The number of allylic oxidation sites excluding steroid dienone is 8. The summed E-state index contributed by atoms with van der Waals surface area (Å²) in [6, 6.07) is 17.5. The third-order valence-corrected chi connectivity index (χ3v) is 10.6. The number of para-hydroxylation sites is 2. The first-order valence-electron chi connectivity index (χ1n) is 14.4. The molecular formula is C35H39N4S2+. The Bertz CT molecular complexity index is 1680. The van der Waals surface area contributed by atoms with Crippen molar-refractivity contribution >= 4 is 41.1 Å². The number of hydrogen-bond acceptors (Lipinski definition) is 5. The van der Waals surface area contributed by atoms with Gasteiger partial charge >= 0.3 is 0 Å². The molecule has 0 fully saturated rings. The van der Waals surface area contributed by atoms with E-state index in [0.29, 0.717) is 5.75 Å². The number of rotatable bonds is 6. The molecule has 0 bridgehead atoms. The summed E-state index contributed by atoms with van der Waals surface area (Å²) in [4.78, 5) is 2.35.